The Labute approximate surface area is 94.0 Å². The first-order valence-corrected chi connectivity index (χ1v) is 6.31. The van der Waals surface area contributed by atoms with Gasteiger partial charge in [-0.3, -0.25) is 0 Å². The van der Waals surface area contributed by atoms with Crippen LogP contribution in [0, 0.1) is 11.8 Å². The molecule has 1 rings (SSSR count). The Morgan fingerprint density at radius 1 is 1.27 bits per heavy atom. The van der Waals surface area contributed by atoms with Crippen LogP contribution in [0.1, 0.15) is 46.5 Å². The van der Waals surface area contributed by atoms with Gasteiger partial charge in [-0.1, -0.05) is 13.8 Å². The zero-order chi connectivity index (χ0) is 11.3. The summed E-state index contributed by atoms with van der Waals surface area (Å²) in [6.07, 6.45) is 4.35. The monoisotopic (exact) mass is 211 g/mol. The highest BCUT2D eigenvalue weighted by Gasteiger charge is 2.21. The third kappa shape index (κ3) is 4.78. The topological polar surface area (TPSA) is 20.3 Å². The Bertz CT molecular complexity index is 203. The summed E-state index contributed by atoms with van der Waals surface area (Å²) in [4.78, 5) is 13.3. The van der Waals surface area contributed by atoms with Crippen molar-refractivity contribution in [1.29, 1.82) is 0 Å². The fraction of sp³-hybridized carbons (Fsp3) is 0.923. The summed E-state index contributed by atoms with van der Waals surface area (Å²) in [5, 5.41) is 0. The van der Waals surface area contributed by atoms with Crippen molar-refractivity contribution >= 4 is 5.78 Å². The number of hydrogen-bond donors (Lipinski definition) is 0. The maximum atomic E-state index is 10.8. The average molecular weight is 211 g/mol. The first-order chi connectivity index (χ1) is 7.09. The summed E-state index contributed by atoms with van der Waals surface area (Å²) < 4.78 is 0. The van der Waals surface area contributed by atoms with E-state index in [0.29, 0.717) is 5.78 Å². The van der Waals surface area contributed by atoms with E-state index in [1.54, 1.807) is 6.92 Å². The quantitative estimate of drug-likeness (QED) is 0.652. The van der Waals surface area contributed by atoms with Crippen LogP contribution in [-0.4, -0.2) is 30.3 Å². The SMILES string of the molecule is CC(=O)CCCCN1CCC(C)C(C)C1. The lowest BCUT2D eigenvalue weighted by Gasteiger charge is -2.35. The van der Waals surface area contributed by atoms with Gasteiger partial charge in [0.25, 0.3) is 0 Å². The van der Waals surface area contributed by atoms with E-state index in [9.17, 15) is 4.79 Å². The molecule has 0 radical (unpaired) electrons. The highest BCUT2D eigenvalue weighted by molar-refractivity contribution is 5.75. The van der Waals surface area contributed by atoms with Crippen molar-refractivity contribution in [3.8, 4) is 0 Å². The molecule has 1 saturated heterocycles. The predicted octanol–water partition coefficient (Wildman–Crippen LogP) is 2.72. The zero-order valence-corrected chi connectivity index (χ0v) is 10.5. The van der Waals surface area contributed by atoms with Gasteiger partial charge >= 0.3 is 0 Å². The smallest absolute Gasteiger partial charge is 0.129 e. The lowest BCUT2D eigenvalue weighted by Crippen LogP contribution is -2.38. The largest absolute Gasteiger partial charge is 0.303 e. The Morgan fingerprint density at radius 3 is 2.60 bits per heavy atom. The summed E-state index contributed by atoms with van der Waals surface area (Å²) in [5.41, 5.74) is 0. The summed E-state index contributed by atoms with van der Waals surface area (Å²) in [7, 11) is 0. The molecule has 0 saturated carbocycles. The van der Waals surface area contributed by atoms with E-state index in [4.69, 9.17) is 0 Å². The van der Waals surface area contributed by atoms with Crippen LogP contribution in [0.15, 0.2) is 0 Å². The van der Waals surface area contributed by atoms with E-state index in [0.717, 1.165) is 24.7 Å². The number of carbonyl (C=O) groups is 1. The lowest BCUT2D eigenvalue weighted by atomic mass is 9.88. The lowest BCUT2D eigenvalue weighted by molar-refractivity contribution is -0.117. The number of Topliss-reactive ketones (excluding diaryl/α,β-unsaturated/α-hetero) is 1. The molecule has 0 aromatic rings. The molecule has 1 fully saturated rings. The molecule has 2 atom stereocenters. The van der Waals surface area contributed by atoms with Crippen LogP contribution in [0.4, 0.5) is 0 Å². The second-order valence-corrected chi connectivity index (χ2v) is 5.20. The number of piperidine rings is 1. The van der Waals surface area contributed by atoms with Crippen molar-refractivity contribution in [3.05, 3.63) is 0 Å². The van der Waals surface area contributed by atoms with Gasteiger partial charge in [0, 0.05) is 13.0 Å². The van der Waals surface area contributed by atoms with Crippen molar-refractivity contribution in [2.75, 3.05) is 19.6 Å². The van der Waals surface area contributed by atoms with Crippen LogP contribution < -0.4 is 0 Å². The predicted molar refractivity (Wildman–Crippen MR) is 63.9 cm³/mol. The molecule has 0 aliphatic carbocycles. The first kappa shape index (κ1) is 12.7. The molecule has 2 heteroatoms. The van der Waals surface area contributed by atoms with E-state index >= 15 is 0 Å². The van der Waals surface area contributed by atoms with Crippen LogP contribution in [0.2, 0.25) is 0 Å². The zero-order valence-electron chi connectivity index (χ0n) is 10.5. The molecule has 0 aromatic heterocycles. The third-order valence-corrected chi connectivity index (χ3v) is 3.67. The minimum absolute atomic E-state index is 0.329. The van der Waals surface area contributed by atoms with Crippen LogP contribution in [0.25, 0.3) is 0 Å². The van der Waals surface area contributed by atoms with Crippen LogP contribution in [0.5, 0.6) is 0 Å². The van der Waals surface area contributed by atoms with Gasteiger partial charge in [-0.25, -0.2) is 0 Å². The number of unbranched alkanes of at least 4 members (excludes halogenated alkanes) is 1. The van der Waals surface area contributed by atoms with E-state index < -0.39 is 0 Å². The van der Waals surface area contributed by atoms with E-state index in [1.807, 2.05) is 0 Å². The molecule has 1 aliphatic heterocycles. The Morgan fingerprint density at radius 2 is 2.00 bits per heavy atom. The Kier molecular flexibility index (Phi) is 5.30. The summed E-state index contributed by atoms with van der Waals surface area (Å²) in [6, 6.07) is 0. The highest BCUT2D eigenvalue weighted by atomic mass is 16.1. The average Bonchev–Trinajstić information content (AvgIpc) is 2.18. The molecule has 15 heavy (non-hydrogen) atoms. The molecule has 2 nitrogen and oxygen atoms in total. The molecule has 0 aromatic carbocycles. The number of likely N-dealkylation sites (tertiary alicyclic amines) is 1. The molecule has 1 heterocycles. The van der Waals surface area contributed by atoms with Gasteiger partial charge in [0.1, 0.15) is 5.78 Å². The molecule has 1 aliphatic rings. The van der Waals surface area contributed by atoms with Crippen LogP contribution in [0.3, 0.4) is 0 Å². The molecule has 88 valence electrons. The second-order valence-electron chi connectivity index (χ2n) is 5.20. The number of ketones is 1. The van der Waals surface area contributed by atoms with E-state index in [1.165, 1.54) is 32.5 Å². The molecule has 2 unspecified atom stereocenters. The summed E-state index contributed by atoms with van der Waals surface area (Å²) in [5.74, 6) is 2.06. The van der Waals surface area contributed by atoms with Crippen LogP contribution in [-0.2, 0) is 4.79 Å². The van der Waals surface area contributed by atoms with Gasteiger partial charge in [-0.15, -0.1) is 0 Å². The normalized spacial score (nSPS) is 27.9. The molecule has 0 bridgehead atoms. The van der Waals surface area contributed by atoms with Gasteiger partial charge in [-0.2, -0.15) is 0 Å². The molecule has 0 N–H and O–H groups in total. The van der Waals surface area contributed by atoms with E-state index in [-0.39, 0.29) is 0 Å². The number of carbonyl (C=O) groups excluding carboxylic acids is 1. The van der Waals surface area contributed by atoms with Gasteiger partial charge in [0.15, 0.2) is 0 Å². The molecular formula is C13H25NO. The van der Waals surface area contributed by atoms with Crippen molar-refractivity contribution in [3.63, 3.8) is 0 Å². The van der Waals surface area contributed by atoms with Crippen LogP contribution >= 0.6 is 0 Å². The van der Waals surface area contributed by atoms with Crippen molar-refractivity contribution < 1.29 is 4.79 Å². The third-order valence-electron chi connectivity index (χ3n) is 3.67. The highest BCUT2D eigenvalue weighted by Crippen LogP contribution is 2.22. The summed E-state index contributed by atoms with van der Waals surface area (Å²) in [6.45, 7) is 10.1. The number of rotatable bonds is 5. The second kappa shape index (κ2) is 6.26. The fourth-order valence-electron chi connectivity index (χ4n) is 2.26. The molecule has 0 amide bonds. The Hall–Kier alpha value is -0.370. The first-order valence-electron chi connectivity index (χ1n) is 6.31. The van der Waals surface area contributed by atoms with Gasteiger partial charge < -0.3 is 9.69 Å². The van der Waals surface area contributed by atoms with Crippen molar-refractivity contribution in [2.24, 2.45) is 11.8 Å². The molecular weight excluding hydrogens is 186 g/mol. The maximum absolute atomic E-state index is 10.8. The maximum Gasteiger partial charge on any atom is 0.129 e. The summed E-state index contributed by atoms with van der Waals surface area (Å²) >= 11 is 0. The number of hydrogen-bond acceptors (Lipinski definition) is 2. The molecule has 0 spiro atoms. The fourth-order valence-corrected chi connectivity index (χ4v) is 2.26. The standard InChI is InChI=1S/C13H25NO/c1-11-7-9-14(10-12(11)2)8-5-4-6-13(3)15/h11-12H,4-10H2,1-3H3. The van der Waals surface area contributed by atoms with Gasteiger partial charge in [0.05, 0.1) is 0 Å². The number of nitrogens with zero attached hydrogens (tertiary/aromatic N) is 1. The van der Waals surface area contributed by atoms with Gasteiger partial charge in [-0.05, 0) is 51.1 Å². The van der Waals surface area contributed by atoms with Gasteiger partial charge in [0.2, 0.25) is 0 Å². The minimum atomic E-state index is 0.329. The Balaban J connectivity index is 2.09. The minimum Gasteiger partial charge on any atom is -0.303 e. The van der Waals surface area contributed by atoms with E-state index in [2.05, 4.69) is 18.7 Å². The van der Waals surface area contributed by atoms with Crippen molar-refractivity contribution in [2.45, 2.75) is 46.5 Å². The van der Waals surface area contributed by atoms with Crippen molar-refractivity contribution in [1.82, 2.24) is 4.90 Å².